The highest BCUT2D eigenvalue weighted by Crippen LogP contribution is 2.40. The zero-order valence-electron chi connectivity index (χ0n) is 12.7. The van der Waals surface area contributed by atoms with Crippen LogP contribution in [0.25, 0.3) is 6.08 Å². The van der Waals surface area contributed by atoms with Crippen LogP contribution >= 0.6 is 15.9 Å². The molecule has 1 aromatic carbocycles. The summed E-state index contributed by atoms with van der Waals surface area (Å²) in [5.41, 5.74) is 1.77. The first-order valence-corrected chi connectivity index (χ1v) is 7.72. The molecular formula is C17H21BrO2. The Hall–Kier alpha value is -0.930. The second kappa shape index (κ2) is 5.12. The highest BCUT2D eigenvalue weighted by Gasteiger charge is 2.49. The number of hydrogen-bond donors (Lipinski definition) is 0. The zero-order valence-corrected chi connectivity index (χ0v) is 14.3. The second-order valence-electron chi connectivity index (χ2n) is 6.21. The SMILES string of the molecule is CCc1ccc(Br)cc1/C=C1/C(=O)C(C)(C)OC1(C)C. The number of ether oxygens (including phenoxy) is 1. The van der Waals surface area contributed by atoms with Crippen molar-refractivity contribution in [3.8, 4) is 0 Å². The van der Waals surface area contributed by atoms with Crippen LogP contribution < -0.4 is 0 Å². The molecule has 0 atom stereocenters. The lowest BCUT2D eigenvalue weighted by Crippen LogP contribution is -2.29. The van der Waals surface area contributed by atoms with E-state index in [1.54, 1.807) is 0 Å². The fourth-order valence-electron chi connectivity index (χ4n) is 2.75. The van der Waals surface area contributed by atoms with Gasteiger partial charge in [0.15, 0.2) is 5.78 Å². The minimum atomic E-state index is -0.742. The van der Waals surface area contributed by atoms with Crippen molar-refractivity contribution in [2.24, 2.45) is 0 Å². The fourth-order valence-corrected chi connectivity index (χ4v) is 3.13. The summed E-state index contributed by atoms with van der Waals surface area (Å²) in [5, 5.41) is 0. The maximum absolute atomic E-state index is 12.5. The zero-order chi connectivity index (χ0) is 15.1. The summed E-state index contributed by atoms with van der Waals surface area (Å²) in [7, 11) is 0. The highest BCUT2D eigenvalue weighted by molar-refractivity contribution is 9.10. The lowest BCUT2D eigenvalue weighted by molar-refractivity contribution is -0.132. The van der Waals surface area contributed by atoms with E-state index in [2.05, 4.69) is 35.0 Å². The lowest BCUT2D eigenvalue weighted by Gasteiger charge is -2.22. The molecule has 1 fully saturated rings. The van der Waals surface area contributed by atoms with E-state index in [0.717, 1.165) is 22.0 Å². The van der Waals surface area contributed by atoms with Crippen molar-refractivity contribution < 1.29 is 9.53 Å². The van der Waals surface area contributed by atoms with Crippen LogP contribution in [0.1, 0.15) is 45.7 Å². The van der Waals surface area contributed by atoms with Gasteiger partial charge in [0.25, 0.3) is 0 Å². The molecular weight excluding hydrogens is 316 g/mol. The first-order chi connectivity index (χ1) is 9.17. The number of hydrogen-bond acceptors (Lipinski definition) is 2. The van der Waals surface area contributed by atoms with Crippen LogP contribution in [0.5, 0.6) is 0 Å². The smallest absolute Gasteiger partial charge is 0.192 e. The van der Waals surface area contributed by atoms with Gasteiger partial charge in [0.05, 0.1) is 5.60 Å². The Morgan fingerprint density at radius 1 is 1.20 bits per heavy atom. The van der Waals surface area contributed by atoms with Gasteiger partial charge in [0, 0.05) is 10.0 Å². The summed E-state index contributed by atoms with van der Waals surface area (Å²) in [6, 6.07) is 6.18. The Morgan fingerprint density at radius 3 is 2.35 bits per heavy atom. The molecule has 2 rings (SSSR count). The van der Waals surface area contributed by atoms with Gasteiger partial charge in [0.1, 0.15) is 5.60 Å². The van der Waals surface area contributed by atoms with Gasteiger partial charge < -0.3 is 4.74 Å². The van der Waals surface area contributed by atoms with E-state index >= 15 is 0 Å². The van der Waals surface area contributed by atoms with Crippen molar-refractivity contribution >= 4 is 27.8 Å². The van der Waals surface area contributed by atoms with Gasteiger partial charge in [0.2, 0.25) is 0 Å². The molecule has 0 amide bonds. The topological polar surface area (TPSA) is 26.3 Å². The first-order valence-electron chi connectivity index (χ1n) is 6.93. The summed E-state index contributed by atoms with van der Waals surface area (Å²) in [6.45, 7) is 9.69. The predicted molar refractivity (Wildman–Crippen MR) is 85.7 cm³/mol. The van der Waals surface area contributed by atoms with Crippen molar-refractivity contribution in [3.05, 3.63) is 39.4 Å². The maximum Gasteiger partial charge on any atom is 0.192 e. The van der Waals surface area contributed by atoms with Gasteiger partial charge in [-0.25, -0.2) is 0 Å². The van der Waals surface area contributed by atoms with E-state index in [4.69, 9.17) is 4.74 Å². The van der Waals surface area contributed by atoms with Crippen LogP contribution in [-0.2, 0) is 16.0 Å². The molecule has 108 valence electrons. The normalized spacial score (nSPS) is 22.5. The van der Waals surface area contributed by atoms with E-state index in [9.17, 15) is 4.79 Å². The third-order valence-corrected chi connectivity index (χ3v) is 4.23. The molecule has 0 bridgehead atoms. The minimum absolute atomic E-state index is 0.0736. The van der Waals surface area contributed by atoms with Crippen molar-refractivity contribution in [3.63, 3.8) is 0 Å². The fraction of sp³-hybridized carbons (Fsp3) is 0.471. The summed E-state index contributed by atoms with van der Waals surface area (Å²) >= 11 is 3.50. The Kier molecular flexibility index (Phi) is 3.96. The van der Waals surface area contributed by atoms with Crippen LogP contribution in [0.2, 0.25) is 0 Å². The van der Waals surface area contributed by atoms with Crippen molar-refractivity contribution in [1.29, 1.82) is 0 Å². The van der Waals surface area contributed by atoms with Crippen molar-refractivity contribution in [1.82, 2.24) is 0 Å². The van der Waals surface area contributed by atoms with Crippen LogP contribution in [0.15, 0.2) is 28.2 Å². The molecule has 0 saturated carbocycles. The molecule has 1 heterocycles. The van der Waals surface area contributed by atoms with Gasteiger partial charge in [-0.2, -0.15) is 0 Å². The number of rotatable bonds is 2. The number of benzene rings is 1. The Labute approximate surface area is 129 Å². The second-order valence-corrected chi connectivity index (χ2v) is 7.12. The van der Waals surface area contributed by atoms with Gasteiger partial charge in [-0.15, -0.1) is 0 Å². The monoisotopic (exact) mass is 336 g/mol. The molecule has 1 aromatic rings. The summed E-state index contributed by atoms with van der Waals surface area (Å²) < 4.78 is 6.93. The number of aryl methyl sites for hydroxylation is 1. The third kappa shape index (κ3) is 2.75. The molecule has 2 nitrogen and oxygen atoms in total. The Bertz CT molecular complexity index is 583. The van der Waals surface area contributed by atoms with Crippen molar-refractivity contribution in [2.45, 2.75) is 52.2 Å². The van der Waals surface area contributed by atoms with E-state index in [1.807, 2.05) is 39.8 Å². The number of halogens is 1. The minimum Gasteiger partial charge on any atom is -0.357 e. The van der Waals surface area contributed by atoms with E-state index in [-0.39, 0.29) is 5.78 Å². The van der Waals surface area contributed by atoms with Crippen LogP contribution in [-0.4, -0.2) is 17.0 Å². The van der Waals surface area contributed by atoms with Gasteiger partial charge >= 0.3 is 0 Å². The van der Waals surface area contributed by atoms with Gasteiger partial charge in [-0.1, -0.05) is 28.9 Å². The standard InChI is InChI=1S/C17H21BrO2/c1-6-11-7-8-13(18)9-12(11)10-14-15(19)17(4,5)20-16(14,2)3/h7-10H,6H2,1-5H3/b14-10-. The molecule has 0 spiro atoms. The maximum atomic E-state index is 12.5. The number of carbonyl (C=O) groups is 1. The van der Waals surface area contributed by atoms with Gasteiger partial charge in [-0.05, 0) is 63.5 Å². The molecule has 1 saturated heterocycles. The van der Waals surface area contributed by atoms with Crippen LogP contribution in [0.4, 0.5) is 0 Å². The Morgan fingerprint density at radius 2 is 1.85 bits per heavy atom. The number of carbonyl (C=O) groups excluding carboxylic acids is 1. The summed E-state index contributed by atoms with van der Waals surface area (Å²) in [6.07, 6.45) is 2.92. The molecule has 0 unspecified atom stereocenters. The van der Waals surface area contributed by atoms with Crippen LogP contribution in [0, 0.1) is 0 Å². The molecule has 1 aliphatic rings. The molecule has 0 aromatic heterocycles. The third-order valence-electron chi connectivity index (χ3n) is 3.74. The predicted octanol–water partition coefficient (Wildman–Crippen LogP) is 4.55. The average Bonchev–Trinajstić information content (AvgIpc) is 2.48. The molecule has 0 aliphatic carbocycles. The molecule has 0 radical (unpaired) electrons. The molecule has 20 heavy (non-hydrogen) atoms. The van der Waals surface area contributed by atoms with E-state index in [0.29, 0.717) is 0 Å². The lowest BCUT2D eigenvalue weighted by atomic mass is 9.89. The molecule has 3 heteroatoms. The molecule has 0 N–H and O–H groups in total. The number of Topliss-reactive ketones (excluding diaryl/α,β-unsaturated/α-hetero) is 1. The largest absolute Gasteiger partial charge is 0.357 e. The average molecular weight is 337 g/mol. The van der Waals surface area contributed by atoms with E-state index < -0.39 is 11.2 Å². The van der Waals surface area contributed by atoms with Gasteiger partial charge in [-0.3, -0.25) is 4.79 Å². The summed E-state index contributed by atoms with van der Waals surface area (Å²) in [4.78, 5) is 12.5. The molecule has 1 aliphatic heterocycles. The highest BCUT2D eigenvalue weighted by atomic mass is 79.9. The Balaban J connectivity index is 2.55. The quantitative estimate of drug-likeness (QED) is 0.740. The summed E-state index contributed by atoms with van der Waals surface area (Å²) in [5.74, 6) is 0.0736. The van der Waals surface area contributed by atoms with E-state index in [1.165, 1.54) is 5.56 Å². The number of ketones is 1. The van der Waals surface area contributed by atoms with Crippen molar-refractivity contribution in [2.75, 3.05) is 0 Å². The first kappa shape index (κ1) is 15.5. The van der Waals surface area contributed by atoms with Crippen LogP contribution in [0.3, 0.4) is 0 Å².